The summed E-state index contributed by atoms with van der Waals surface area (Å²) in [5, 5.41) is 2.94. The molecule has 0 radical (unpaired) electrons. The molecule has 0 aliphatic carbocycles. The van der Waals surface area contributed by atoms with Crippen LogP contribution in [-0.4, -0.2) is 45.0 Å². The summed E-state index contributed by atoms with van der Waals surface area (Å²) in [5.41, 5.74) is 2.49. The molecule has 1 aliphatic rings. The molecule has 1 amide bonds. The number of para-hydroxylation sites is 2. The number of carbonyl (C=O) groups excluding carboxylic acids is 1. The molecule has 0 bridgehead atoms. The van der Waals surface area contributed by atoms with Crippen molar-refractivity contribution in [2.45, 2.75) is 19.4 Å². The Labute approximate surface area is 140 Å². The Morgan fingerprint density at radius 2 is 1.96 bits per heavy atom. The van der Waals surface area contributed by atoms with E-state index in [0.29, 0.717) is 11.6 Å². The monoisotopic (exact) mass is 323 g/mol. The van der Waals surface area contributed by atoms with E-state index in [1.807, 2.05) is 24.3 Å². The average Bonchev–Trinajstić information content (AvgIpc) is 3.34. The van der Waals surface area contributed by atoms with Crippen LogP contribution in [0.25, 0.3) is 11.0 Å². The molecule has 0 atom stereocenters. The maximum Gasteiger partial charge on any atom is 0.274 e. The highest BCUT2D eigenvalue weighted by molar-refractivity contribution is 6.02. The molecule has 2 aromatic heterocycles. The Balaban J connectivity index is 1.60. The summed E-state index contributed by atoms with van der Waals surface area (Å²) in [5.74, 6) is 0.438. The van der Waals surface area contributed by atoms with Crippen molar-refractivity contribution in [3.63, 3.8) is 0 Å². The fraction of sp³-hybridized carbons (Fsp3) is 0.333. The number of carbonyl (C=O) groups is 1. The third kappa shape index (κ3) is 2.92. The number of hydrogen-bond donors (Lipinski definition) is 2. The molecule has 124 valence electrons. The zero-order chi connectivity index (χ0) is 16.4. The predicted molar refractivity (Wildman–Crippen MR) is 94.2 cm³/mol. The van der Waals surface area contributed by atoms with Crippen molar-refractivity contribution in [2.75, 3.05) is 25.0 Å². The molecule has 24 heavy (non-hydrogen) atoms. The maximum atomic E-state index is 12.4. The van der Waals surface area contributed by atoms with Crippen LogP contribution in [0, 0.1) is 0 Å². The Hall–Kier alpha value is -2.60. The Bertz CT molecular complexity index is 830. The van der Waals surface area contributed by atoms with Crippen molar-refractivity contribution in [1.82, 2.24) is 19.4 Å². The lowest BCUT2D eigenvalue weighted by atomic mass is 10.3. The minimum Gasteiger partial charge on any atom is -0.357 e. The van der Waals surface area contributed by atoms with Gasteiger partial charge in [0.1, 0.15) is 5.69 Å². The molecular weight excluding hydrogens is 302 g/mol. The van der Waals surface area contributed by atoms with E-state index < -0.39 is 0 Å². The van der Waals surface area contributed by atoms with E-state index in [1.165, 1.54) is 12.8 Å². The lowest BCUT2D eigenvalue weighted by Crippen LogP contribution is -2.25. The van der Waals surface area contributed by atoms with E-state index in [1.54, 1.807) is 12.3 Å². The number of nitrogens with zero attached hydrogens (tertiary/aromatic N) is 3. The first-order valence-electron chi connectivity index (χ1n) is 8.43. The van der Waals surface area contributed by atoms with E-state index in [9.17, 15) is 4.79 Å². The van der Waals surface area contributed by atoms with E-state index >= 15 is 0 Å². The number of likely N-dealkylation sites (tertiary alicyclic amines) is 1. The number of nitrogens with one attached hydrogen (secondary N) is 2. The number of anilines is 1. The number of fused-ring (bicyclic) bond motifs is 1. The van der Waals surface area contributed by atoms with Crippen molar-refractivity contribution in [3.8, 4) is 0 Å². The number of aromatic nitrogens is 3. The van der Waals surface area contributed by atoms with Gasteiger partial charge >= 0.3 is 0 Å². The normalized spacial score (nSPS) is 15.2. The van der Waals surface area contributed by atoms with E-state index in [-0.39, 0.29) is 5.91 Å². The average molecular weight is 323 g/mol. The van der Waals surface area contributed by atoms with Crippen LogP contribution in [0.3, 0.4) is 0 Å². The number of hydrogen-bond acceptors (Lipinski definition) is 3. The molecular formula is C18H21N5O. The molecule has 1 aromatic carbocycles. The highest BCUT2D eigenvalue weighted by Gasteiger charge is 2.17. The molecule has 1 fully saturated rings. The van der Waals surface area contributed by atoms with Crippen LogP contribution in [0.5, 0.6) is 0 Å². The first-order valence-corrected chi connectivity index (χ1v) is 8.43. The van der Waals surface area contributed by atoms with E-state index in [4.69, 9.17) is 0 Å². The summed E-state index contributed by atoms with van der Waals surface area (Å²) in [4.78, 5) is 22.4. The number of amides is 1. The number of H-pyrrole nitrogens is 1. The van der Waals surface area contributed by atoms with Gasteiger partial charge in [-0.05, 0) is 50.2 Å². The van der Waals surface area contributed by atoms with Gasteiger partial charge in [0.15, 0.2) is 0 Å². The van der Waals surface area contributed by atoms with Crippen LogP contribution in [0.2, 0.25) is 0 Å². The summed E-state index contributed by atoms with van der Waals surface area (Å²) >= 11 is 0. The van der Waals surface area contributed by atoms with Crippen molar-refractivity contribution in [3.05, 3.63) is 48.3 Å². The maximum absolute atomic E-state index is 12.4. The largest absolute Gasteiger partial charge is 0.357 e. The van der Waals surface area contributed by atoms with Crippen molar-refractivity contribution in [2.24, 2.45) is 0 Å². The molecule has 4 rings (SSSR count). The number of aromatic amines is 1. The first-order chi connectivity index (χ1) is 11.8. The van der Waals surface area contributed by atoms with Crippen LogP contribution >= 0.6 is 0 Å². The topological polar surface area (TPSA) is 66.0 Å². The van der Waals surface area contributed by atoms with Gasteiger partial charge in [-0.25, -0.2) is 4.98 Å². The van der Waals surface area contributed by atoms with Gasteiger partial charge < -0.3 is 14.5 Å². The molecule has 1 saturated heterocycles. The number of benzene rings is 1. The molecule has 3 heterocycles. The minimum atomic E-state index is -0.169. The van der Waals surface area contributed by atoms with Crippen molar-refractivity contribution < 1.29 is 4.79 Å². The summed E-state index contributed by atoms with van der Waals surface area (Å²) in [6, 6.07) is 11.6. The van der Waals surface area contributed by atoms with E-state index in [2.05, 4.69) is 30.8 Å². The predicted octanol–water partition coefficient (Wildman–Crippen LogP) is 2.71. The van der Waals surface area contributed by atoms with Gasteiger partial charge in [0.25, 0.3) is 5.91 Å². The first kappa shape index (κ1) is 15.0. The Morgan fingerprint density at radius 1 is 1.12 bits per heavy atom. The van der Waals surface area contributed by atoms with Gasteiger partial charge in [-0.2, -0.15) is 0 Å². The van der Waals surface area contributed by atoms with Gasteiger partial charge in [0.2, 0.25) is 5.95 Å². The Kier molecular flexibility index (Phi) is 4.04. The highest BCUT2D eigenvalue weighted by Crippen LogP contribution is 2.20. The summed E-state index contributed by atoms with van der Waals surface area (Å²) in [6.45, 7) is 4.13. The minimum absolute atomic E-state index is 0.169. The lowest BCUT2D eigenvalue weighted by molar-refractivity contribution is 0.102. The van der Waals surface area contributed by atoms with Gasteiger partial charge in [-0.3, -0.25) is 10.1 Å². The van der Waals surface area contributed by atoms with Crippen LogP contribution in [0.1, 0.15) is 23.3 Å². The second kappa shape index (κ2) is 6.49. The molecule has 0 saturated carbocycles. The third-order valence-corrected chi connectivity index (χ3v) is 4.56. The zero-order valence-electron chi connectivity index (χ0n) is 13.5. The summed E-state index contributed by atoms with van der Waals surface area (Å²) in [6.07, 6.45) is 4.30. The molecule has 1 aliphatic heterocycles. The molecule has 6 nitrogen and oxygen atoms in total. The second-order valence-electron chi connectivity index (χ2n) is 6.16. The quantitative estimate of drug-likeness (QED) is 0.759. The second-order valence-corrected chi connectivity index (χ2v) is 6.16. The molecule has 3 aromatic rings. The molecule has 0 unspecified atom stereocenters. The van der Waals surface area contributed by atoms with Crippen molar-refractivity contribution in [1.29, 1.82) is 0 Å². The summed E-state index contributed by atoms with van der Waals surface area (Å²) in [7, 11) is 0. The molecule has 2 N–H and O–H groups in total. The van der Waals surface area contributed by atoms with Gasteiger partial charge in [-0.15, -0.1) is 0 Å². The van der Waals surface area contributed by atoms with Crippen molar-refractivity contribution >= 4 is 22.9 Å². The van der Waals surface area contributed by atoms with Crippen LogP contribution in [-0.2, 0) is 6.54 Å². The fourth-order valence-electron chi connectivity index (χ4n) is 3.29. The molecule has 6 heteroatoms. The third-order valence-electron chi connectivity index (χ3n) is 4.56. The highest BCUT2D eigenvalue weighted by atomic mass is 16.2. The van der Waals surface area contributed by atoms with Gasteiger partial charge in [0.05, 0.1) is 11.0 Å². The number of imidazole rings is 1. The zero-order valence-corrected chi connectivity index (χ0v) is 13.5. The standard InChI is InChI=1S/C18H21N5O/c24-17(15-7-5-9-19-15)21-18-20-14-6-1-2-8-16(14)23(18)13-12-22-10-3-4-11-22/h1-2,5-9,19H,3-4,10-13H2,(H,20,21,24). The van der Waals surface area contributed by atoms with E-state index in [0.717, 1.165) is 37.2 Å². The van der Waals surface area contributed by atoms with Crippen LogP contribution < -0.4 is 5.32 Å². The number of rotatable bonds is 5. The smallest absolute Gasteiger partial charge is 0.274 e. The van der Waals surface area contributed by atoms with Crippen LogP contribution in [0.4, 0.5) is 5.95 Å². The fourth-order valence-corrected chi connectivity index (χ4v) is 3.29. The Morgan fingerprint density at radius 3 is 2.75 bits per heavy atom. The summed E-state index contributed by atoms with van der Waals surface area (Å²) < 4.78 is 2.11. The van der Waals surface area contributed by atoms with Gasteiger partial charge in [-0.1, -0.05) is 12.1 Å². The lowest BCUT2D eigenvalue weighted by Gasteiger charge is -2.16. The molecule has 0 spiro atoms. The van der Waals surface area contributed by atoms with Gasteiger partial charge in [0, 0.05) is 19.3 Å². The SMILES string of the molecule is O=C(Nc1nc2ccccc2n1CCN1CCCC1)c1ccc[nH]1. The van der Waals surface area contributed by atoms with Crippen LogP contribution in [0.15, 0.2) is 42.6 Å².